The van der Waals surface area contributed by atoms with E-state index in [1.807, 2.05) is 13.8 Å². The largest absolute Gasteiger partial charge is 0.368 e. The van der Waals surface area contributed by atoms with Crippen LogP contribution in [0.1, 0.15) is 13.8 Å². The molecule has 1 atom stereocenters. The number of carbonyl (C=O) groups is 2. The molecule has 0 bridgehead atoms. The van der Waals surface area contributed by atoms with E-state index in [9.17, 15) is 9.59 Å². The van der Waals surface area contributed by atoms with Crippen LogP contribution in [0.3, 0.4) is 0 Å². The van der Waals surface area contributed by atoms with Gasteiger partial charge in [-0.1, -0.05) is 13.8 Å². The van der Waals surface area contributed by atoms with Crippen molar-refractivity contribution in [2.24, 2.45) is 11.7 Å². The topological polar surface area (TPSA) is 72.2 Å². The van der Waals surface area contributed by atoms with E-state index in [0.717, 1.165) is 0 Å². The molecule has 10 heavy (non-hydrogen) atoms. The lowest BCUT2D eigenvalue weighted by molar-refractivity contribution is -0.123. The van der Waals surface area contributed by atoms with Crippen LogP contribution in [0.2, 0.25) is 0 Å². The highest BCUT2D eigenvalue weighted by molar-refractivity contribution is 5.82. The van der Waals surface area contributed by atoms with Crippen LogP contribution in [0.5, 0.6) is 0 Å². The van der Waals surface area contributed by atoms with Crippen LogP contribution in [0, 0.1) is 5.92 Å². The van der Waals surface area contributed by atoms with Gasteiger partial charge in [-0.25, -0.2) is 0 Å². The van der Waals surface area contributed by atoms with E-state index < -0.39 is 11.9 Å². The fourth-order valence-electron chi connectivity index (χ4n) is 0.676. The molecule has 1 unspecified atom stereocenters. The zero-order valence-electron chi connectivity index (χ0n) is 6.13. The first-order valence-electron chi connectivity index (χ1n) is 3.08. The molecule has 0 spiro atoms. The number of rotatable bonds is 4. The fraction of sp³-hybridized carbons (Fsp3) is 0.667. The smallest absolute Gasteiger partial charge is 0.240 e. The van der Waals surface area contributed by atoms with Crippen molar-refractivity contribution in [3.05, 3.63) is 0 Å². The Balaban J connectivity index is 3.97. The molecule has 0 saturated carbocycles. The maximum absolute atomic E-state index is 10.5. The Hall–Kier alpha value is -1.06. The molecule has 3 N–H and O–H groups in total. The molecule has 0 aromatic rings. The average molecular weight is 144 g/mol. The summed E-state index contributed by atoms with van der Waals surface area (Å²) in [5.41, 5.74) is 4.96. The summed E-state index contributed by atoms with van der Waals surface area (Å²) in [7, 11) is 0. The Kier molecular flexibility index (Phi) is 3.46. The second-order valence-corrected chi connectivity index (χ2v) is 2.41. The van der Waals surface area contributed by atoms with Gasteiger partial charge in [0.1, 0.15) is 6.04 Å². The van der Waals surface area contributed by atoms with Gasteiger partial charge >= 0.3 is 0 Å². The van der Waals surface area contributed by atoms with Gasteiger partial charge in [-0.15, -0.1) is 0 Å². The van der Waals surface area contributed by atoms with Crippen LogP contribution < -0.4 is 11.1 Å². The number of primary amides is 1. The van der Waals surface area contributed by atoms with E-state index in [4.69, 9.17) is 5.73 Å². The highest BCUT2D eigenvalue weighted by Gasteiger charge is 2.17. The number of hydrogen-bond donors (Lipinski definition) is 2. The minimum Gasteiger partial charge on any atom is -0.368 e. The van der Waals surface area contributed by atoms with E-state index in [1.54, 1.807) is 0 Å². The minimum atomic E-state index is -0.544. The lowest BCUT2D eigenvalue weighted by atomic mass is 10.0. The Labute approximate surface area is 59.8 Å². The van der Waals surface area contributed by atoms with Gasteiger partial charge in [0.25, 0.3) is 0 Å². The van der Waals surface area contributed by atoms with Crippen molar-refractivity contribution < 1.29 is 9.59 Å². The molecular weight excluding hydrogens is 132 g/mol. The second-order valence-electron chi connectivity index (χ2n) is 2.41. The first-order valence-corrected chi connectivity index (χ1v) is 3.08. The third-order valence-electron chi connectivity index (χ3n) is 1.22. The second kappa shape index (κ2) is 3.87. The molecule has 2 amide bonds. The summed E-state index contributed by atoms with van der Waals surface area (Å²) in [6.07, 6.45) is 0.482. The molecular formula is C6H12N2O2. The van der Waals surface area contributed by atoms with Crippen molar-refractivity contribution in [3.63, 3.8) is 0 Å². The van der Waals surface area contributed by atoms with Crippen LogP contribution in [-0.4, -0.2) is 18.4 Å². The van der Waals surface area contributed by atoms with Crippen LogP contribution in [0.15, 0.2) is 0 Å². The van der Waals surface area contributed by atoms with E-state index in [1.165, 1.54) is 0 Å². The minimum absolute atomic E-state index is 0.0442. The molecule has 0 fully saturated rings. The highest BCUT2D eigenvalue weighted by Crippen LogP contribution is 1.98. The number of nitrogens with one attached hydrogen (secondary N) is 1. The Morgan fingerprint density at radius 2 is 2.10 bits per heavy atom. The summed E-state index contributed by atoms with van der Waals surface area (Å²) >= 11 is 0. The molecule has 0 aliphatic carbocycles. The molecule has 0 rings (SSSR count). The lowest BCUT2D eigenvalue weighted by Crippen LogP contribution is -2.44. The van der Waals surface area contributed by atoms with Gasteiger partial charge in [0.05, 0.1) is 0 Å². The summed E-state index contributed by atoms with van der Waals surface area (Å²) in [6.45, 7) is 3.62. The summed E-state index contributed by atoms with van der Waals surface area (Å²) < 4.78 is 0. The molecule has 4 heteroatoms. The zero-order chi connectivity index (χ0) is 8.15. The number of carbonyl (C=O) groups excluding carboxylic acids is 2. The third-order valence-corrected chi connectivity index (χ3v) is 1.22. The zero-order valence-corrected chi connectivity index (χ0v) is 6.13. The summed E-state index contributed by atoms with van der Waals surface area (Å²) in [6, 6.07) is -0.544. The first-order chi connectivity index (χ1) is 4.59. The predicted octanol–water partition coefficient (Wildman–Crippen LogP) is -0.758. The molecule has 4 nitrogen and oxygen atoms in total. The van der Waals surface area contributed by atoms with Gasteiger partial charge in [0.2, 0.25) is 12.3 Å². The predicted molar refractivity (Wildman–Crippen MR) is 37.0 cm³/mol. The molecule has 0 aromatic heterocycles. The van der Waals surface area contributed by atoms with Crippen molar-refractivity contribution >= 4 is 12.3 Å². The van der Waals surface area contributed by atoms with Crippen molar-refractivity contribution in [2.45, 2.75) is 19.9 Å². The van der Waals surface area contributed by atoms with Gasteiger partial charge in [-0.2, -0.15) is 0 Å². The molecule has 0 aliphatic rings. The number of amides is 2. The number of nitrogens with two attached hydrogens (primary N) is 1. The highest BCUT2D eigenvalue weighted by atomic mass is 16.2. The fourth-order valence-corrected chi connectivity index (χ4v) is 0.676. The molecule has 0 saturated heterocycles. The van der Waals surface area contributed by atoms with Gasteiger partial charge in [-0.05, 0) is 5.92 Å². The Morgan fingerprint density at radius 3 is 2.20 bits per heavy atom. The van der Waals surface area contributed by atoms with E-state index in [2.05, 4.69) is 5.32 Å². The van der Waals surface area contributed by atoms with Crippen molar-refractivity contribution in [1.29, 1.82) is 0 Å². The molecule has 58 valence electrons. The van der Waals surface area contributed by atoms with E-state index in [-0.39, 0.29) is 5.92 Å². The third kappa shape index (κ3) is 2.48. The maximum Gasteiger partial charge on any atom is 0.240 e. The molecule has 0 aliphatic heterocycles. The maximum atomic E-state index is 10.5. The SMILES string of the molecule is CC(C)C(NC=O)C(N)=O. The standard InChI is InChI=1S/C6H12N2O2/c1-4(2)5(6(7)10)8-3-9/h3-5H,1-2H3,(H2,7,10)(H,8,9). The van der Waals surface area contributed by atoms with Crippen LogP contribution in [0.4, 0.5) is 0 Å². The Bertz CT molecular complexity index is 134. The first kappa shape index (κ1) is 8.94. The summed E-state index contributed by atoms with van der Waals surface area (Å²) in [5.74, 6) is -0.454. The van der Waals surface area contributed by atoms with Gasteiger partial charge in [0, 0.05) is 0 Å². The van der Waals surface area contributed by atoms with Crippen molar-refractivity contribution in [3.8, 4) is 0 Å². The Morgan fingerprint density at radius 1 is 1.60 bits per heavy atom. The van der Waals surface area contributed by atoms with Crippen molar-refractivity contribution in [2.75, 3.05) is 0 Å². The van der Waals surface area contributed by atoms with Gasteiger partial charge in [-0.3, -0.25) is 9.59 Å². The quantitative estimate of drug-likeness (QED) is 0.509. The van der Waals surface area contributed by atoms with E-state index >= 15 is 0 Å². The van der Waals surface area contributed by atoms with Gasteiger partial charge in [0.15, 0.2) is 0 Å². The number of hydrogen-bond acceptors (Lipinski definition) is 2. The monoisotopic (exact) mass is 144 g/mol. The van der Waals surface area contributed by atoms with E-state index in [0.29, 0.717) is 6.41 Å². The molecule has 0 radical (unpaired) electrons. The van der Waals surface area contributed by atoms with Crippen LogP contribution >= 0.6 is 0 Å². The molecule has 0 heterocycles. The normalized spacial score (nSPS) is 12.7. The van der Waals surface area contributed by atoms with Crippen molar-refractivity contribution in [1.82, 2.24) is 5.32 Å². The lowest BCUT2D eigenvalue weighted by Gasteiger charge is -2.14. The average Bonchev–Trinajstić information content (AvgIpc) is 1.81. The van der Waals surface area contributed by atoms with Crippen LogP contribution in [0.25, 0.3) is 0 Å². The molecule has 0 aromatic carbocycles. The van der Waals surface area contributed by atoms with Crippen LogP contribution in [-0.2, 0) is 9.59 Å². The summed E-state index contributed by atoms with van der Waals surface area (Å²) in [4.78, 5) is 20.4. The van der Waals surface area contributed by atoms with Gasteiger partial charge < -0.3 is 11.1 Å². The summed E-state index contributed by atoms with van der Waals surface area (Å²) in [5, 5.41) is 2.33.